The van der Waals surface area contributed by atoms with E-state index in [9.17, 15) is 4.79 Å². The van der Waals surface area contributed by atoms with Gasteiger partial charge in [0.05, 0.1) is 4.47 Å². The second-order valence-electron chi connectivity index (χ2n) is 2.09. The van der Waals surface area contributed by atoms with Crippen LogP contribution in [0.25, 0.3) is 0 Å². The van der Waals surface area contributed by atoms with Crippen LogP contribution in [0.3, 0.4) is 0 Å². The number of halogens is 2. The molecule has 1 heterocycles. The molecule has 1 amide bonds. The molecule has 0 radical (unpaired) electrons. The molecule has 0 fully saturated rings. The van der Waals surface area contributed by atoms with Gasteiger partial charge in [-0.05, 0) is 38.8 Å². The highest BCUT2D eigenvalue weighted by molar-refractivity contribution is 9.13. The molecule has 66 valence electrons. The normalized spacial score (nSPS) is 9.92. The van der Waals surface area contributed by atoms with E-state index in [0.29, 0.717) is 17.0 Å². The Morgan fingerprint density at radius 2 is 2.33 bits per heavy atom. The van der Waals surface area contributed by atoms with E-state index in [1.807, 2.05) is 6.92 Å². The van der Waals surface area contributed by atoms with Gasteiger partial charge in [-0.3, -0.25) is 4.79 Å². The molecule has 12 heavy (non-hydrogen) atoms. The Bertz CT molecular complexity index is 276. The first-order valence-corrected chi connectivity index (χ1v) is 4.96. The number of hydrogen-bond donors (Lipinski definition) is 1. The van der Waals surface area contributed by atoms with E-state index in [1.165, 1.54) is 0 Å². The van der Waals surface area contributed by atoms with E-state index in [2.05, 4.69) is 37.2 Å². The number of hydrogen-bond acceptors (Lipinski definition) is 2. The first-order chi connectivity index (χ1) is 5.65. The lowest BCUT2D eigenvalue weighted by atomic mass is 10.4. The zero-order chi connectivity index (χ0) is 9.14. The lowest BCUT2D eigenvalue weighted by Gasteiger charge is -1.95. The molecule has 0 saturated heterocycles. The second-order valence-corrected chi connectivity index (χ2v) is 3.67. The SMILES string of the molecule is CCNC(=O)c1cc(Br)c(Br)o1. The highest BCUT2D eigenvalue weighted by Gasteiger charge is 2.12. The molecule has 0 bridgehead atoms. The number of rotatable bonds is 2. The molecule has 0 aliphatic carbocycles. The molecule has 0 aliphatic rings. The van der Waals surface area contributed by atoms with Gasteiger partial charge in [-0.1, -0.05) is 0 Å². The van der Waals surface area contributed by atoms with Gasteiger partial charge in [0.2, 0.25) is 0 Å². The zero-order valence-corrected chi connectivity index (χ0v) is 9.53. The third kappa shape index (κ3) is 2.10. The lowest BCUT2D eigenvalue weighted by molar-refractivity contribution is 0.0927. The number of furan rings is 1. The maximum atomic E-state index is 11.2. The first-order valence-electron chi connectivity index (χ1n) is 3.38. The van der Waals surface area contributed by atoms with Crippen molar-refractivity contribution in [2.24, 2.45) is 0 Å². The molecule has 0 aromatic carbocycles. The van der Waals surface area contributed by atoms with Crippen LogP contribution in [0, 0.1) is 0 Å². The van der Waals surface area contributed by atoms with Gasteiger partial charge in [-0.2, -0.15) is 0 Å². The molecule has 0 saturated carbocycles. The van der Waals surface area contributed by atoms with Crippen LogP contribution in [-0.2, 0) is 0 Å². The second kappa shape index (κ2) is 4.09. The van der Waals surface area contributed by atoms with Crippen LogP contribution in [0.15, 0.2) is 19.6 Å². The predicted octanol–water partition coefficient (Wildman–Crippen LogP) is 2.55. The molecule has 0 aliphatic heterocycles. The van der Waals surface area contributed by atoms with E-state index in [-0.39, 0.29) is 5.91 Å². The molecule has 0 atom stereocenters. The highest BCUT2D eigenvalue weighted by atomic mass is 79.9. The van der Waals surface area contributed by atoms with Crippen molar-refractivity contribution in [3.8, 4) is 0 Å². The highest BCUT2D eigenvalue weighted by Crippen LogP contribution is 2.26. The zero-order valence-electron chi connectivity index (χ0n) is 6.36. The number of nitrogens with one attached hydrogen (secondary N) is 1. The minimum Gasteiger partial charge on any atom is -0.443 e. The van der Waals surface area contributed by atoms with Gasteiger partial charge in [-0.25, -0.2) is 0 Å². The van der Waals surface area contributed by atoms with Crippen molar-refractivity contribution in [1.29, 1.82) is 0 Å². The summed E-state index contributed by atoms with van der Waals surface area (Å²) in [6.07, 6.45) is 0. The Hall–Kier alpha value is -0.290. The summed E-state index contributed by atoms with van der Waals surface area (Å²) in [5.41, 5.74) is 0. The summed E-state index contributed by atoms with van der Waals surface area (Å²) in [5.74, 6) is 0.0968. The van der Waals surface area contributed by atoms with Gasteiger partial charge in [0.15, 0.2) is 10.4 Å². The van der Waals surface area contributed by atoms with Gasteiger partial charge in [0.1, 0.15) is 0 Å². The van der Waals surface area contributed by atoms with Crippen LogP contribution >= 0.6 is 31.9 Å². The van der Waals surface area contributed by atoms with Crippen LogP contribution < -0.4 is 5.32 Å². The fraction of sp³-hybridized carbons (Fsp3) is 0.286. The summed E-state index contributed by atoms with van der Waals surface area (Å²) in [6.45, 7) is 2.44. The van der Waals surface area contributed by atoms with E-state index in [0.717, 1.165) is 4.47 Å². The Kier molecular flexibility index (Phi) is 3.34. The van der Waals surface area contributed by atoms with E-state index >= 15 is 0 Å². The predicted molar refractivity (Wildman–Crippen MR) is 52.1 cm³/mol. The Morgan fingerprint density at radius 1 is 1.67 bits per heavy atom. The van der Waals surface area contributed by atoms with Crippen molar-refractivity contribution in [1.82, 2.24) is 5.32 Å². The summed E-state index contributed by atoms with van der Waals surface area (Å²) in [7, 11) is 0. The van der Waals surface area contributed by atoms with Crippen molar-refractivity contribution < 1.29 is 9.21 Å². The van der Waals surface area contributed by atoms with Crippen LogP contribution in [0.5, 0.6) is 0 Å². The topological polar surface area (TPSA) is 42.2 Å². The van der Waals surface area contributed by atoms with Crippen molar-refractivity contribution in [3.05, 3.63) is 21.0 Å². The van der Waals surface area contributed by atoms with Gasteiger partial charge < -0.3 is 9.73 Å². The average molecular weight is 297 g/mol. The maximum Gasteiger partial charge on any atom is 0.287 e. The summed E-state index contributed by atoms with van der Waals surface area (Å²) < 4.78 is 6.36. The maximum absolute atomic E-state index is 11.2. The standard InChI is InChI=1S/C7H7Br2NO2/c1-2-10-7(11)5-3-4(8)6(9)12-5/h3H,2H2,1H3,(H,10,11). The summed E-state index contributed by atoms with van der Waals surface area (Å²) in [5, 5.41) is 2.63. The fourth-order valence-corrected chi connectivity index (χ4v) is 1.28. The van der Waals surface area contributed by atoms with E-state index in [1.54, 1.807) is 6.07 Å². The number of carbonyl (C=O) groups excluding carboxylic acids is 1. The molecule has 0 unspecified atom stereocenters. The summed E-state index contributed by atoms with van der Waals surface area (Å²) in [6, 6.07) is 1.62. The molecule has 0 spiro atoms. The molecule has 1 rings (SSSR count). The van der Waals surface area contributed by atoms with Crippen LogP contribution in [0.1, 0.15) is 17.5 Å². The van der Waals surface area contributed by atoms with Gasteiger partial charge >= 0.3 is 0 Å². The summed E-state index contributed by atoms with van der Waals surface area (Å²) in [4.78, 5) is 11.2. The number of carbonyl (C=O) groups is 1. The quantitative estimate of drug-likeness (QED) is 0.911. The van der Waals surface area contributed by atoms with Crippen molar-refractivity contribution >= 4 is 37.8 Å². The monoisotopic (exact) mass is 295 g/mol. The van der Waals surface area contributed by atoms with E-state index in [4.69, 9.17) is 4.42 Å². The Balaban J connectivity index is 2.82. The van der Waals surface area contributed by atoms with Crippen molar-refractivity contribution in [2.45, 2.75) is 6.92 Å². The molecule has 1 aromatic heterocycles. The van der Waals surface area contributed by atoms with Gasteiger partial charge in [0.25, 0.3) is 5.91 Å². The third-order valence-electron chi connectivity index (χ3n) is 1.21. The smallest absolute Gasteiger partial charge is 0.287 e. The van der Waals surface area contributed by atoms with Crippen molar-refractivity contribution in [3.63, 3.8) is 0 Å². The third-order valence-corrected chi connectivity index (χ3v) is 2.92. The Morgan fingerprint density at radius 3 is 2.75 bits per heavy atom. The summed E-state index contributed by atoms with van der Waals surface area (Å²) >= 11 is 6.36. The average Bonchev–Trinajstić information content (AvgIpc) is 2.33. The molecular formula is C7H7Br2NO2. The lowest BCUT2D eigenvalue weighted by Crippen LogP contribution is -2.21. The fourth-order valence-electron chi connectivity index (χ4n) is 0.706. The van der Waals surface area contributed by atoms with Crippen LogP contribution in [0.2, 0.25) is 0 Å². The minimum absolute atomic E-state index is 0.205. The largest absolute Gasteiger partial charge is 0.443 e. The van der Waals surface area contributed by atoms with Crippen molar-refractivity contribution in [2.75, 3.05) is 6.54 Å². The minimum atomic E-state index is -0.205. The molecule has 5 heteroatoms. The van der Waals surface area contributed by atoms with E-state index < -0.39 is 0 Å². The van der Waals surface area contributed by atoms with Crippen LogP contribution in [0.4, 0.5) is 0 Å². The number of amides is 1. The first kappa shape index (κ1) is 9.80. The molecular weight excluding hydrogens is 290 g/mol. The van der Waals surface area contributed by atoms with Crippen LogP contribution in [-0.4, -0.2) is 12.5 Å². The van der Waals surface area contributed by atoms with Gasteiger partial charge in [0, 0.05) is 12.6 Å². The molecule has 1 N–H and O–H groups in total. The molecule has 3 nitrogen and oxygen atoms in total. The van der Waals surface area contributed by atoms with Gasteiger partial charge in [-0.15, -0.1) is 0 Å². The Labute approximate surface area is 86.8 Å². The molecule has 1 aromatic rings.